The van der Waals surface area contributed by atoms with Crippen LogP contribution in [0.4, 0.5) is 11.4 Å². The third kappa shape index (κ3) is 5.78. The number of nitrogens with one attached hydrogen (secondary N) is 2. The highest BCUT2D eigenvalue weighted by Crippen LogP contribution is 2.37. The fourth-order valence-corrected chi connectivity index (χ4v) is 6.34. The predicted octanol–water partition coefficient (Wildman–Crippen LogP) is 4.35. The molecule has 4 heterocycles. The van der Waals surface area contributed by atoms with E-state index in [4.69, 9.17) is 28.9 Å². The second kappa shape index (κ2) is 12.2. The Balaban J connectivity index is 1.02. The first-order chi connectivity index (χ1) is 22.0. The molecule has 45 heavy (non-hydrogen) atoms. The van der Waals surface area contributed by atoms with Gasteiger partial charge in [-0.15, -0.1) is 0 Å². The average molecular weight is 628 g/mol. The number of amidine groups is 2. The molecule has 0 radical (unpaired) electrons. The minimum Gasteiger partial charge on any atom is -0.454 e. The first kappa shape index (κ1) is 28.7. The van der Waals surface area contributed by atoms with E-state index in [0.717, 1.165) is 11.1 Å². The zero-order valence-corrected chi connectivity index (χ0v) is 25.1. The summed E-state index contributed by atoms with van der Waals surface area (Å²) in [5.74, 6) is 2.30. The van der Waals surface area contributed by atoms with Crippen LogP contribution in [0, 0.1) is 0 Å². The molecule has 4 aliphatic rings. The van der Waals surface area contributed by atoms with E-state index in [9.17, 15) is 14.4 Å². The van der Waals surface area contributed by atoms with E-state index in [1.807, 2.05) is 49.4 Å². The number of fused-ring (bicyclic) bond motifs is 5. The van der Waals surface area contributed by atoms with Crippen LogP contribution in [0.15, 0.2) is 70.6 Å². The van der Waals surface area contributed by atoms with Crippen LogP contribution in [0.1, 0.15) is 37.3 Å². The van der Waals surface area contributed by atoms with Crippen molar-refractivity contribution in [2.75, 3.05) is 18.9 Å². The molecule has 2 atom stereocenters. The van der Waals surface area contributed by atoms with Gasteiger partial charge in [0.25, 0.3) is 5.91 Å². The molecule has 3 aromatic carbocycles. The molecule has 2 N–H and O–H groups in total. The van der Waals surface area contributed by atoms with Crippen LogP contribution in [0.2, 0.25) is 0 Å². The molecule has 13 heteroatoms. The summed E-state index contributed by atoms with van der Waals surface area (Å²) in [4.78, 5) is 50.8. The lowest BCUT2D eigenvalue weighted by Crippen LogP contribution is -2.42. The monoisotopic (exact) mass is 627 g/mol. The zero-order chi connectivity index (χ0) is 30.9. The highest BCUT2D eigenvalue weighted by molar-refractivity contribution is 8.15. The number of aliphatic imine (C=N–C) groups is 2. The van der Waals surface area contributed by atoms with Gasteiger partial charge in [0, 0.05) is 30.3 Å². The third-order valence-corrected chi connectivity index (χ3v) is 8.99. The molecule has 4 aliphatic heterocycles. The molecule has 0 unspecified atom stereocenters. The maximum atomic E-state index is 13.7. The number of thioether (sulfide) groups is 1. The Morgan fingerprint density at radius 3 is 2.51 bits per heavy atom. The van der Waals surface area contributed by atoms with Gasteiger partial charge in [-0.2, -0.15) is 0 Å². The van der Waals surface area contributed by atoms with Crippen LogP contribution in [-0.2, 0) is 20.9 Å². The van der Waals surface area contributed by atoms with Crippen molar-refractivity contribution in [2.45, 2.75) is 44.0 Å². The molecule has 3 aromatic rings. The average Bonchev–Trinajstić information content (AvgIpc) is 3.80. The highest BCUT2D eigenvalue weighted by Gasteiger charge is 2.42. The van der Waals surface area contributed by atoms with Crippen molar-refractivity contribution in [1.29, 1.82) is 0 Å². The lowest BCUT2D eigenvalue weighted by molar-refractivity contribution is -0.125. The Morgan fingerprint density at radius 1 is 0.978 bits per heavy atom. The van der Waals surface area contributed by atoms with Crippen molar-refractivity contribution < 1.29 is 33.3 Å². The first-order valence-corrected chi connectivity index (χ1v) is 15.5. The number of ether oxygens (including phenoxy) is 4. The number of rotatable bonds is 9. The number of para-hydroxylation sites is 1. The number of anilines is 1. The van der Waals surface area contributed by atoms with E-state index in [-0.39, 0.29) is 44.1 Å². The summed E-state index contributed by atoms with van der Waals surface area (Å²) < 4.78 is 21.5. The molecule has 0 fully saturated rings. The standard InChI is InChI=1S/C32H29N5O7S/c1-2-27(30(39)34-19-8-11-24-26(14-19)44-17-42-24)45-32-36-21-6-4-3-5-20(21)29-35-22(31(40)37(29)32)9-12-28(38)33-15-18-7-10-23-25(13-18)43-16-41-23/h3-8,10-11,13-14,22,27H,2,9,12,15-17H2,1H3,(H,33,38)(H,34,39)/t22-,27-/m0/s1. The van der Waals surface area contributed by atoms with Crippen molar-refractivity contribution in [1.82, 2.24) is 10.2 Å². The Labute approximate surface area is 262 Å². The van der Waals surface area contributed by atoms with Gasteiger partial charge in [-0.25, -0.2) is 9.89 Å². The van der Waals surface area contributed by atoms with Gasteiger partial charge >= 0.3 is 0 Å². The van der Waals surface area contributed by atoms with Gasteiger partial charge in [-0.05, 0) is 54.8 Å². The molecule has 7 rings (SSSR count). The fraction of sp³-hybridized carbons (Fsp3) is 0.281. The number of hydrogen-bond acceptors (Lipinski definition) is 10. The SMILES string of the molecule is CC[C@H](SC1=Nc2ccccc2C2=N[C@@H](CCC(=O)NCc3ccc4c(c3)OCO4)C(=O)N12)C(=O)Nc1ccc2c(c1)OCO2. The van der Waals surface area contributed by atoms with Gasteiger partial charge in [-0.3, -0.25) is 19.4 Å². The van der Waals surface area contributed by atoms with Crippen LogP contribution in [0.25, 0.3) is 0 Å². The maximum Gasteiger partial charge on any atom is 0.259 e. The summed E-state index contributed by atoms with van der Waals surface area (Å²) in [7, 11) is 0. The topological polar surface area (TPSA) is 140 Å². The number of benzene rings is 3. The number of carbonyl (C=O) groups is 3. The van der Waals surface area contributed by atoms with Crippen LogP contribution in [0.5, 0.6) is 23.0 Å². The zero-order valence-electron chi connectivity index (χ0n) is 24.3. The quantitative estimate of drug-likeness (QED) is 0.357. The second-order valence-electron chi connectivity index (χ2n) is 10.6. The molecule has 0 saturated carbocycles. The minimum atomic E-state index is -0.754. The van der Waals surface area contributed by atoms with E-state index in [0.29, 0.717) is 58.3 Å². The molecular formula is C32H29N5O7S. The van der Waals surface area contributed by atoms with Crippen molar-refractivity contribution >= 4 is 51.9 Å². The van der Waals surface area contributed by atoms with Crippen molar-refractivity contribution in [3.63, 3.8) is 0 Å². The molecule has 230 valence electrons. The molecular weight excluding hydrogens is 598 g/mol. The summed E-state index contributed by atoms with van der Waals surface area (Å²) in [6.45, 7) is 2.55. The fourth-order valence-electron chi connectivity index (χ4n) is 5.32. The smallest absolute Gasteiger partial charge is 0.259 e. The van der Waals surface area contributed by atoms with Gasteiger partial charge in [0.15, 0.2) is 28.2 Å². The van der Waals surface area contributed by atoms with Crippen LogP contribution < -0.4 is 29.6 Å². The maximum absolute atomic E-state index is 13.7. The van der Waals surface area contributed by atoms with E-state index >= 15 is 0 Å². The predicted molar refractivity (Wildman–Crippen MR) is 167 cm³/mol. The Morgan fingerprint density at radius 2 is 1.71 bits per heavy atom. The lowest BCUT2D eigenvalue weighted by Gasteiger charge is -2.27. The second-order valence-corrected chi connectivity index (χ2v) is 11.8. The number of nitrogens with zero attached hydrogens (tertiary/aromatic N) is 3. The molecule has 0 aliphatic carbocycles. The summed E-state index contributed by atoms with van der Waals surface area (Å²) in [5.41, 5.74) is 2.85. The van der Waals surface area contributed by atoms with Crippen molar-refractivity contribution in [3.8, 4) is 23.0 Å². The first-order valence-electron chi connectivity index (χ1n) is 14.6. The van der Waals surface area contributed by atoms with Gasteiger partial charge in [0.1, 0.15) is 11.9 Å². The van der Waals surface area contributed by atoms with E-state index < -0.39 is 11.3 Å². The minimum absolute atomic E-state index is 0.113. The number of amides is 3. The molecule has 0 spiro atoms. The molecule has 3 amide bonds. The third-order valence-electron chi connectivity index (χ3n) is 7.67. The van der Waals surface area contributed by atoms with Gasteiger partial charge < -0.3 is 29.6 Å². The lowest BCUT2D eigenvalue weighted by atomic mass is 10.1. The largest absolute Gasteiger partial charge is 0.454 e. The van der Waals surface area contributed by atoms with Gasteiger partial charge in [-0.1, -0.05) is 36.9 Å². The molecule has 12 nitrogen and oxygen atoms in total. The Kier molecular flexibility index (Phi) is 7.76. The molecule has 0 saturated heterocycles. The van der Waals surface area contributed by atoms with Gasteiger partial charge in [0.2, 0.25) is 25.4 Å². The molecule has 0 aromatic heterocycles. The van der Waals surface area contributed by atoms with Gasteiger partial charge in [0.05, 0.1) is 10.9 Å². The molecule has 0 bridgehead atoms. The highest BCUT2D eigenvalue weighted by atomic mass is 32.2. The Bertz CT molecular complexity index is 1760. The van der Waals surface area contributed by atoms with Crippen LogP contribution >= 0.6 is 11.8 Å². The number of carbonyl (C=O) groups excluding carboxylic acids is 3. The summed E-state index contributed by atoms with van der Waals surface area (Å²) in [6.07, 6.45) is 0.833. The number of hydrogen-bond donors (Lipinski definition) is 2. The van der Waals surface area contributed by atoms with E-state index in [1.54, 1.807) is 18.2 Å². The summed E-state index contributed by atoms with van der Waals surface area (Å²) in [6, 6.07) is 17.4. The summed E-state index contributed by atoms with van der Waals surface area (Å²) >= 11 is 1.21. The van der Waals surface area contributed by atoms with Crippen LogP contribution in [0.3, 0.4) is 0 Å². The Hall–Kier alpha value is -5.04. The normalized spacial score (nSPS) is 17.7. The van der Waals surface area contributed by atoms with E-state index in [2.05, 4.69) is 10.6 Å². The summed E-state index contributed by atoms with van der Waals surface area (Å²) in [5, 5.41) is 5.67. The van der Waals surface area contributed by atoms with Crippen molar-refractivity contribution in [2.24, 2.45) is 9.98 Å². The van der Waals surface area contributed by atoms with E-state index in [1.165, 1.54) is 16.7 Å². The van der Waals surface area contributed by atoms with Crippen LogP contribution in [-0.4, -0.2) is 58.5 Å². The van der Waals surface area contributed by atoms with Crippen molar-refractivity contribution in [3.05, 3.63) is 71.8 Å².